The van der Waals surface area contributed by atoms with E-state index in [-0.39, 0.29) is 18.3 Å². The minimum Gasteiger partial charge on any atom is -0.489 e. The van der Waals surface area contributed by atoms with Crippen LogP contribution in [0.1, 0.15) is 28.4 Å². The van der Waals surface area contributed by atoms with Crippen LogP contribution in [-0.2, 0) is 6.61 Å². The molecule has 3 rings (SSSR count). The molecule has 7 heteroatoms. The van der Waals surface area contributed by atoms with E-state index in [2.05, 4.69) is 10.5 Å². The van der Waals surface area contributed by atoms with Gasteiger partial charge in [0.15, 0.2) is 0 Å². The lowest BCUT2D eigenvalue weighted by atomic mass is 10.1. The molecule has 0 bridgehead atoms. The van der Waals surface area contributed by atoms with E-state index < -0.39 is 0 Å². The van der Waals surface area contributed by atoms with E-state index >= 15 is 0 Å². The lowest BCUT2D eigenvalue weighted by Gasteiger charge is -2.09. The SMILES string of the molecule is C/C(=N\NC(=O)c1ccc(OCc2ccc(Cl)cc2Cl)cc1)c1ccc(F)cc1. The van der Waals surface area contributed by atoms with E-state index in [0.29, 0.717) is 27.1 Å². The van der Waals surface area contributed by atoms with E-state index in [1.807, 2.05) is 0 Å². The van der Waals surface area contributed by atoms with Crippen molar-refractivity contribution >= 4 is 34.8 Å². The number of hydrogen-bond donors (Lipinski definition) is 1. The second kappa shape index (κ2) is 9.54. The molecule has 0 saturated carbocycles. The number of nitrogens with zero attached hydrogens (tertiary/aromatic N) is 1. The molecule has 1 amide bonds. The number of hydrazone groups is 1. The van der Waals surface area contributed by atoms with Crippen LogP contribution >= 0.6 is 23.2 Å². The van der Waals surface area contributed by atoms with Crippen molar-refractivity contribution in [3.63, 3.8) is 0 Å². The Labute approximate surface area is 177 Å². The molecule has 148 valence electrons. The Kier molecular flexibility index (Phi) is 6.86. The van der Waals surface area contributed by atoms with Crippen molar-refractivity contribution in [3.8, 4) is 5.75 Å². The Morgan fingerprint density at radius 2 is 1.66 bits per heavy atom. The highest BCUT2D eigenvalue weighted by atomic mass is 35.5. The molecule has 3 aromatic rings. The number of nitrogens with one attached hydrogen (secondary N) is 1. The summed E-state index contributed by atoms with van der Waals surface area (Å²) in [4.78, 5) is 12.3. The highest BCUT2D eigenvalue weighted by molar-refractivity contribution is 6.35. The largest absolute Gasteiger partial charge is 0.489 e. The summed E-state index contributed by atoms with van der Waals surface area (Å²) in [6.45, 7) is 2.01. The summed E-state index contributed by atoms with van der Waals surface area (Å²) < 4.78 is 18.7. The maximum atomic E-state index is 13.0. The maximum absolute atomic E-state index is 13.0. The van der Waals surface area contributed by atoms with Gasteiger partial charge in [0.2, 0.25) is 0 Å². The second-order valence-electron chi connectivity index (χ2n) is 6.19. The lowest BCUT2D eigenvalue weighted by Crippen LogP contribution is -2.19. The average Bonchev–Trinajstić information content (AvgIpc) is 2.72. The van der Waals surface area contributed by atoms with Gasteiger partial charge in [0.1, 0.15) is 18.2 Å². The third-order valence-electron chi connectivity index (χ3n) is 4.11. The van der Waals surface area contributed by atoms with Gasteiger partial charge in [0.05, 0.1) is 5.71 Å². The monoisotopic (exact) mass is 430 g/mol. The zero-order valence-electron chi connectivity index (χ0n) is 15.5. The number of halogens is 3. The molecule has 0 aliphatic carbocycles. The van der Waals surface area contributed by atoms with Crippen LogP contribution in [0.2, 0.25) is 10.0 Å². The topological polar surface area (TPSA) is 50.7 Å². The number of carbonyl (C=O) groups excluding carboxylic acids is 1. The van der Waals surface area contributed by atoms with Gasteiger partial charge in [-0.1, -0.05) is 41.4 Å². The molecular weight excluding hydrogens is 414 g/mol. The molecule has 0 aliphatic heterocycles. The quantitative estimate of drug-likeness (QED) is 0.392. The third-order valence-corrected chi connectivity index (χ3v) is 4.70. The Morgan fingerprint density at radius 1 is 1.00 bits per heavy atom. The van der Waals surface area contributed by atoms with Gasteiger partial charge in [-0.2, -0.15) is 5.10 Å². The minimum atomic E-state index is -0.362. The second-order valence-corrected chi connectivity index (χ2v) is 7.04. The average molecular weight is 431 g/mol. The van der Waals surface area contributed by atoms with Gasteiger partial charge < -0.3 is 4.74 Å². The first-order chi connectivity index (χ1) is 13.9. The fourth-order valence-corrected chi connectivity index (χ4v) is 2.92. The zero-order chi connectivity index (χ0) is 20.8. The molecule has 3 aromatic carbocycles. The standard InChI is InChI=1S/C22H17Cl2FN2O2/c1-14(15-3-8-19(25)9-4-15)26-27-22(28)16-5-10-20(11-6-16)29-13-17-2-7-18(23)12-21(17)24/h2-12H,13H2,1H3,(H,27,28)/b26-14+. The molecule has 0 radical (unpaired) electrons. The van der Waals surface area contributed by atoms with Gasteiger partial charge in [0, 0.05) is 21.2 Å². The van der Waals surface area contributed by atoms with Crippen LogP contribution in [0.15, 0.2) is 71.8 Å². The van der Waals surface area contributed by atoms with Crippen molar-refractivity contribution in [2.75, 3.05) is 0 Å². The first-order valence-electron chi connectivity index (χ1n) is 8.70. The van der Waals surface area contributed by atoms with Crippen molar-refractivity contribution in [1.82, 2.24) is 5.43 Å². The van der Waals surface area contributed by atoms with Gasteiger partial charge in [-0.25, -0.2) is 9.82 Å². The molecule has 29 heavy (non-hydrogen) atoms. The van der Waals surface area contributed by atoms with Crippen LogP contribution in [0.4, 0.5) is 4.39 Å². The van der Waals surface area contributed by atoms with Crippen LogP contribution in [0.5, 0.6) is 5.75 Å². The summed E-state index contributed by atoms with van der Waals surface area (Å²) in [5.41, 5.74) is 5.01. The summed E-state index contributed by atoms with van der Waals surface area (Å²) in [5, 5.41) is 5.15. The van der Waals surface area contributed by atoms with Crippen molar-refractivity contribution in [2.45, 2.75) is 13.5 Å². The van der Waals surface area contributed by atoms with Gasteiger partial charge in [-0.15, -0.1) is 0 Å². The van der Waals surface area contributed by atoms with Crippen LogP contribution in [0.25, 0.3) is 0 Å². The predicted molar refractivity (Wildman–Crippen MR) is 113 cm³/mol. The summed E-state index contributed by atoms with van der Waals surface area (Å²) >= 11 is 12.0. The first kappa shape index (κ1) is 20.8. The Bertz CT molecular complexity index is 1040. The lowest BCUT2D eigenvalue weighted by molar-refractivity contribution is 0.0955. The van der Waals surface area contributed by atoms with Crippen molar-refractivity contribution in [1.29, 1.82) is 0 Å². The number of hydrogen-bond acceptors (Lipinski definition) is 3. The number of carbonyl (C=O) groups is 1. The predicted octanol–water partition coefficient (Wildman–Crippen LogP) is 5.87. The smallest absolute Gasteiger partial charge is 0.271 e. The van der Waals surface area contributed by atoms with E-state index in [1.54, 1.807) is 61.5 Å². The summed E-state index contributed by atoms with van der Waals surface area (Å²) in [7, 11) is 0. The minimum absolute atomic E-state index is 0.280. The summed E-state index contributed by atoms with van der Waals surface area (Å²) in [5.74, 6) is -0.0939. The first-order valence-corrected chi connectivity index (χ1v) is 9.45. The van der Waals surface area contributed by atoms with Crippen molar-refractivity contribution < 1.29 is 13.9 Å². The van der Waals surface area contributed by atoms with Gasteiger partial charge in [-0.05, 0) is 61.0 Å². The molecule has 0 aromatic heterocycles. The molecule has 4 nitrogen and oxygen atoms in total. The highest BCUT2D eigenvalue weighted by Gasteiger charge is 2.07. The van der Waals surface area contributed by atoms with Crippen LogP contribution in [-0.4, -0.2) is 11.6 Å². The Balaban J connectivity index is 1.58. The van der Waals surface area contributed by atoms with Gasteiger partial charge in [0.25, 0.3) is 5.91 Å². The van der Waals surface area contributed by atoms with Gasteiger partial charge in [-0.3, -0.25) is 4.79 Å². The molecule has 0 fully saturated rings. The highest BCUT2D eigenvalue weighted by Crippen LogP contribution is 2.23. The molecule has 0 atom stereocenters. The van der Waals surface area contributed by atoms with Gasteiger partial charge >= 0.3 is 0 Å². The molecule has 0 heterocycles. The fraction of sp³-hybridized carbons (Fsp3) is 0.0909. The van der Waals surface area contributed by atoms with Crippen LogP contribution in [0.3, 0.4) is 0 Å². The normalized spacial score (nSPS) is 11.2. The van der Waals surface area contributed by atoms with E-state index in [9.17, 15) is 9.18 Å². The Morgan fingerprint density at radius 3 is 2.31 bits per heavy atom. The Hall–Kier alpha value is -2.89. The number of amides is 1. The number of rotatable bonds is 6. The molecule has 0 saturated heterocycles. The van der Waals surface area contributed by atoms with E-state index in [1.165, 1.54) is 12.1 Å². The van der Waals surface area contributed by atoms with Crippen LogP contribution in [0, 0.1) is 5.82 Å². The molecule has 0 spiro atoms. The molecule has 1 N–H and O–H groups in total. The van der Waals surface area contributed by atoms with E-state index in [4.69, 9.17) is 27.9 Å². The number of benzene rings is 3. The molecular formula is C22H17Cl2FN2O2. The number of ether oxygens (including phenoxy) is 1. The van der Waals surface area contributed by atoms with Crippen molar-refractivity contribution in [3.05, 3.63) is 99.3 Å². The van der Waals surface area contributed by atoms with E-state index in [0.717, 1.165) is 11.1 Å². The third kappa shape index (κ3) is 5.79. The van der Waals surface area contributed by atoms with Crippen LogP contribution < -0.4 is 10.2 Å². The molecule has 0 unspecified atom stereocenters. The zero-order valence-corrected chi connectivity index (χ0v) is 17.0. The summed E-state index contributed by atoms with van der Waals surface area (Å²) in [6.07, 6.45) is 0. The molecule has 0 aliphatic rings. The maximum Gasteiger partial charge on any atom is 0.271 e. The summed E-state index contributed by atoms with van der Waals surface area (Å²) in [6, 6.07) is 17.7. The van der Waals surface area contributed by atoms with Crippen molar-refractivity contribution in [2.24, 2.45) is 5.10 Å². The fourth-order valence-electron chi connectivity index (χ4n) is 2.46.